The van der Waals surface area contributed by atoms with Crippen LogP contribution < -0.4 is 9.47 Å². The van der Waals surface area contributed by atoms with Crippen LogP contribution in [0.4, 0.5) is 0 Å². The third-order valence-corrected chi connectivity index (χ3v) is 3.67. The third kappa shape index (κ3) is 3.33. The number of carbonyl (C=O) groups excluding carboxylic acids is 1. The zero-order valence-electron chi connectivity index (χ0n) is 12.1. The molecule has 1 heterocycles. The van der Waals surface area contributed by atoms with Gasteiger partial charge in [0.1, 0.15) is 23.9 Å². The van der Waals surface area contributed by atoms with Crippen LogP contribution in [-0.4, -0.2) is 30.2 Å². The molecule has 4 nitrogen and oxygen atoms in total. The van der Waals surface area contributed by atoms with Gasteiger partial charge in [-0.15, -0.1) is 0 Å². The molecular formula is C15H19BrO4. The number of hydrogen-bond donors (Lipinski definition) is 0. The third-order valence-electron chi connectivity index (χ3n) is 3.17. The summed E-state index contributed by atoms with van der Waals surface area (Å²) >= 11 is 3.42. The van der Waals surface area contributed by atoms with Crippen LogP contribution in [0.5, 0.6) is 11.5 Å². The van der Waals surface area contributed by atoms with Crippen molar-refractivity contribution < 1.29 is 19.0 Å². The van der Waals surface area contributed by atoms with Gasteiger partial charge in [-0.1, -0.05) is 15.9 Å². The number of carbonyl (C=O) groups is 1. The van der Waals surface area contributed by atoms with Gasteiger partial charge in [0, 0.05) is 4.47 Å². The Bertz CT molecular complexity index is 511. The van der Waals surface area contributed by atoms with E-state index in [-0.39, 0.29) is 6.10 Å². The van der Waals surface area contributed by atoms with E-state index in [2.05, 4.69) is 15.9 Å². The van der Waals surface area contributed by atoms with E-state index in [4.69, 9.17) is 14.2 Å². The fourth-order valence-corrected chi connectivity index (χ4v) is 2.31. The van der Waals surface area contributed by atoms with Crippen LogP contribution in [0, 0.1) is 0 Å². The number of rotatable bonds is 3. The first-order chi connectivity index (χ1) is 9.23. The molecule has 1 aliphatic rings. The van der Waals surface area contributed by atoms with E-state index in [1.807, 2.05) is 32.0 Å². The van der Waals surface area contributed by atoms with Crippen LogP contribution in [-0.2, 0) is 9.53 Å². The standard InChI is InChI=1S/C15H19BrO4/c1-14(2,9-17)20-13-8-18-11-6-5-10(16)7-12(11)19-15(13,3)4/h5-7,9,13H,8H2,1-4H3/t13-/m0/s1. The van der Waals surface area contributed by atoms with Crippen LogP contribution in [0.3, 0.4) is 0 Å². The van der Waals surface area contributed by atoms with E-state index >= 15 is 0 Å². The molecule has 0 unspecified atom stereocenters. The minimum atomic E-state index is -0.869. The molecule has 0 aliphatic carbocycles. The highest BCUT2D eigenvalue weighted by Crippen LogP contribution is 2.38. The molecule has 0 radical (unpaired) electrons. The fourth-order valence-electron chi connectivity index (χ4n) is 1.97. The predicted molar refractivity (Wildman–Crippen MR) is 79.4 cm³/mol. The van der Waals surface area contributed by atoms with Gasteiger partial charge in [-0.25, -0.2) is 0 Å². The van der Waals surface area contributed by atoms with Crippen LogP contribution in [0.2, 0.25) is 0 Å². The van der Waals surface area contributed by atoms with E-state index in [9.17, 15) is 4.79 Å². The summed E-state index contributed by atoms with van der Waals surface area (Å²) in [6, 6.07) is 5.61. The van der Waals surface area contributed by atoms with Crippen LogP contribution in [0.1, 0.15) is 27.7 Å². The highest BCUT2D eigenvalue weighted by Gasteiger charge is 2.40. The Morgan fingerprint density at radius 1 is 1.40 bits per heavy atom. The van der Waals surface area contributed by atoms with Gasteiger partial charge in [0.05, 0.1) is 0 Å². The van der Waals surface area contributed by atoms with Crippen LogP contribution in [0.15, 0.2) is 22.7 Å². The second-order valence-corrected chi connectivity index (χ2v) is 6.85. The molecule has 5 heteroatoms. The Kier molecular flexibility index (Phi) is 4.12. The first-order valence-corrected chi connectivity index (χ1v) is 7.28. The van der Waals surface area contributed by atoms with Crippen molar-refractivity contribution in [3.8, 4) is 11.5 Å². The molecule has 0 aromatic heterocycles. The van der Waals surface area contributed by atoms with Gasteiger partial charge in [0.15, 0.2) is 17.8 Å². The monoisotopic (exact) mass is 342 g/mol. The minimum Gasteiger partial charge on any atom is -0.487 e. The summed E-state index contributed by atoms with van der Waals surface area (Å²) in [6.45, 7) is 7.64. The van der Waals surface area contributed by atoms with Crippen molar-refractivity contribution in [2.75, 3.05) is 6.61 Å². The summed E-state index contributed by atoms with van der Waals surface area (Å²) in [4.78, 5) is 11.0. The van der Waals surface area contributed by atoms with Crippen molar-refractivity contribution in [3.05, 3.63) is 22.7 Å². The van der Waals surface area contributed by atoms with Gasteiger partial charge in [0.2, 0.25) is 0 Å². The molecule has 1 atom stereocenters. The van der Waals surface area contributed by atoms with Gasteiger partial charge in [0.25, 0.3) is 0 Å². The lowest BCUT2D eigenvalue weighted by Crippen LogP contribution is -2.50. The average Bonchev–Trinajstić information content (AvgIpc) is 2.46. The first-order valence-electron chi connectivity index (χ1n) is 6.49. The lowest BCUT2D eigenvalue weighted by atomic mass is 10.0. The van der Waals surface area contributed by atoms with Crippen molar-refractivity contribution in [3.63, 3.8) is 0 Å². The van der Waals surface area contributed by atoms with E-state index in [0.29, 0.717) is 18.1 Å². The molecule has 0 N–H and O–H groups in total. The molecule has 0 fully saturated rings. The Labute approximate surface area is 127 Å². The predicted octanol–water partition coefficient (Wildman–Crippen LogP) is 3.36. The molecule has 0 spiro atoms. The lowest BCUT2D eigenvalue weighted by molar-refractivity contribution is -0.157. The van der Waals surface area contributed by atoms with Gasteiger partial charge < -0.3 is 19.0 Å². The average molecular weight is 343 g/mol. The van der Waals surface area contributed by atoms with Gasteiger partial charge in [-0.05, 0) is 45.9 Å². The molecule has 110 valence electrons. The van der Waals surface area contributed by atoms with Crippen molar-refractivity contribution in [1.29, 1.82) is 0 Å². The zero-order valence-corrected chi connectivity index (χ0v) is 13.7. The normalized spacial score (nSPS) is 21.1. The largest absolute Gasteiger partial charge is 0.487 e. The molecule has 1 aromatic rings. The summed E-state index contributed by atoms with van der Waals surface area (Å²) < 4.78 is 18.6. The van der Waals surface area contributed by atoms with Crippen LogP contribution >= 0.6 is 15.9 Å². The Morgan fingerprint density at radius 2 is 2.10 bits per heavy atom. The highest BCUT2D eigenvalue weighted by atomic mass is 79.9. The topological polar surface area (TPSA) is 44.8 Å². The SMILES string of the molecule is CC(C)(C=O)O[C@H]1COc2ccc(Br)cc2OC1(C)C. The number of halogens is 1. The summed E-state index contributed by atoms with van der Waals surface area (Å²) in [7, 11) is 0. The zero-order chi connectivity index (χ0) is 15.0. The number of aldehydes is 1. The fraction of sp³-hybridized carbons (Fsp3) is 0.533. The number of benzene rings is 1. The maximum atomic E-state index is 11.0. The molecule has 1 aliphatic heterocycles. The van der Waals surface area contributed by atoms with Crippen molar-refractivity contribution in [2.45, 2.75) is 45.0 Å². The number of ether oxygens (including phenoxy) is 3. The van der Waals surface area contributed by atoms with Gasteiger partial charge >= 0.3 is 0 Å². The van der Waals surface area contributed by atoms with E-state index < -0.39 is 11.2 Å². The lowest BCUT2D eigenvalue weighted by Gasteiger charge is -2.35. The van der Waals surface area contributed by atoms with E-state index in [0.717, 1.165) is 10.8 Å². The molecule has 0 saturated carbocycles. The number of fused-ring (bicyclic) bond motifs is 1. The minimum absolute atomic E-state index is 0.332. The smallest absolute Gasteiger partial charge is 0.163 e. The Hall–Kier alpha value is -1.07. The van der Waals surface area contributed by atoms with Gasteiger partial charge in [-0.3, -0.25) is 0 Å². The summed E-state index contributed by atoms with van der Waals surface area (Å²) in [5.41, 5.74) is -1.47. The maximum absolute atomic E-state index is 11.0. The molecule has 1 aromatic carbocycles. The van der Waals surface area contributed by atoms with Crippen molar-refractivity contribution in [2.24, 2.45) is 0 Å². The first kappa shape index (κ1) is 15.3. The van der Waals surface area contributed by atoms with Crippen molar-refractivity contribution >= 4 is 22.2 Å². The van der Waals surface area contributed by atoms with Gasteiger partial charge in [-0.2, -0.15) is 0 Å². The number of hydrogen-bond acceptors (Lipinski definition) is 4. The van der Waals surface area contributed by atoms with Crippen LogP contribution in [0.25, 0.3) is 0 Å². The van der Waals surface area contributed by atoms with E-state index in [1.165, 1.54) is 0 Å². The quantitative estimate of drug-likeness (QED) is 0.790. The molecular weight excluding hydrogens is 324 g/mol. The second-order valence-electron chi connectivity index (χ2n) is 5.94. The summed E-state index contributed by atoms with van der Waals surface area (Å²) in [5.74, 6) is 1.34. The van der Waals surface area contributed by atoms with Crippen molar-refractivity contribution in [1.82, 2.24) is 0 Å². The molecule has 0 amide bonds. The molecule has 2 rings (SSSR count). The Morgan fingerprint density at radius 3 is 2.75 bits per heavy atom. The molecule has 20 heavy (non-hydrogen) atoms. The maximum Gasteiger partial charge on any atom is 0.163 e. The highest BCUT2D eigenvalue weighted by molar-refractivity contribution is 9.10. The summed E-state index contributed by atoms with van der Waals surface area (Å²) in [5, 5.41) is 0. The second kappa shape index (κ2) is 5.37. The summed E-state index contributed by atoms with van der Waals surface area (Å²) in [6.07, 6.45) is 0.436. The molecule has 0 bridgehead atoms. The molecule has 0 saturated heterocycles. The van der Waals surface area contributed by atoms with E-state index in [1.54, 1.807) is 13.8 Å². The Balaban J connectivity index is 2.26.